The van der Waals surface area contributed by atoms with E-state index in [0.717, 1.165) is 6.42 Å². The van der Waals surface area contributed by atoms with Crippen molar-refractivity contribution in [2.75, 3.05) is 25.1 Å². The van der Waals surface area contributed by atoms with Gasteiger partial charge in [0, 0.05) is 12.8 Å². The van der Waals surface area contributed by atoms with Gasteiger partial charge in [0.1, 0.15) is 5.69 Å². The van der Waals surface area contributed by atoms with Crippen molar-refractivity contribution >= 4 is 11.6 Å². The molecule has 0 radical (unpaired) electrons. The highest BCUT2D eigenvalue weighted by Crippen LogP contribution is 2.22. The van der Waals surface area contributed by atoms with Gasteiger partial charge in [-0.3, -0.25) is 4.79 Å². The van der Waals surface area contributed by atoms with Crippen LogP contribution in [0.2, 0.25) is 0 Å². The Morgan fingerprint density at radius 3 is 3.29 bits per heavy atom. The Hall–Kier alpha value is -1.62. The first-order chi connectivity index (χ1) is 8.31. The molecule has 1 saturated heterocycles. The van der Waals surface area contributed by atoms with Gasteiger partial charge in [0.25, 0.3) is 0 Å². The van der Waals surface area contributed by atoms with Gasteiger partial charge >= 0.3 is 0 Å². The quantitative estimate of drug-likeness (QED) is 0.859. The van der Waals surface area contributed by atoms with Crippen molar-refractivity contribution in [3.05, 3.63) is 18.3 Å². The molecule has 1 atom stereocenters. The average Bonchev–Trinajstić information content (AvgIpc) is 2.85. The summed E-state index contributed by atoms with van der Waals surface area (Å²) in [6.45, 7) is 3.55. The number of hydrogen-bond acceptors (Lipinski definition) is 4. The molecule has 1 aromatic heterocycles. The van der Waals surface area contributed by atoms with E-state index in [9.17, 15) is 4.79 Å². The zero-order valence-corrected chi connectivity index (χ0v) is 9.81. The lowest BCUT2D eigenvalue weighted by molar-refractivity contribution is -0.119. The van der Waals surface area contributed by atoms with Gasteiger partial charge in [0.15, 0.2) is 0 Å². The van der Waals surface area contributed by atoms with Gasteiger partial charge in [-0.1, -0.05) is 0 Å². The molecule has 1 aliphatic rings. The standard InChI is InChI=1S/C12H16N2O3/c1-2-17-12-10(4-3-6-13-12)14-11(15)9-5-7-16-8-9/h3-4,6,9H,2,5,7-8H2,1H3,(H,14,15). The number of pyridine rings is 1. The fraction of sp³-hybridized carbons (Fsp3) is 0.500. The number of nitrogens with one attached hydrogen (secondary N) is 1. The largest absolute Gasteiger partial charge is 0.476 e. The maximum absolute atomic E-state index is 11.9. The van der Waals surface area contributed by atoms with Crippen LogP contribution in [0.4, 0.5) is 5.69 Å². The molecule has 1 aliphatic heterocycles. The van der Waals surface area contributed by atoms with Gasteiger partial charge in [0.05, 0.1) is 19.1 Å². The summed E-state index contributed by atoms with van der Waals surface area (Å²) in [5, 5.41) is 2.83. The average molecular weight is 236 g/mol. The molecule has 1 unspecified atom stereocenters. The lowest BCUT2D eigenvalue weighted by Crippen LogP contribution is -2.23. The molecule has 2 heterocycles. The normalized spacial score (nSPS) is 19.0. The van der Waals surface area contributed by atoms with Gasteiger partial charge in [0.2, 0.25) is 11.8 Å². The van der Waals surface area contributed by atoms with Crippen LogP contribution in [-0.4, -0.2) is 30.7 Å². The molecule has 1 fully saturated rings. The van der Waals surface area contributed by atoms with Crippen LogP contribution in [-0.2, 0) is 9.53 Å². The topological polar surface area (TPSA) is 60.5 Å². The Labute approximate surface area is 100 Å². The van der Waals surface area contributed by atoms with E-state index in [1.165, 1.54) is 0 Å². The molecular formula is C12H16N2O3. The van der Waals surface area contributed by atoms with Crippen molar-refractivity contribution < 1.29 is 14.3 Å². The molecule has 92 valence electrons. The third-order valence-corrected chi connectivity index (χ3v) is 2.61. The fourth-order valence-corrected chi connectivity index (χ4v) is 1.71. The van der Waals surface area contributed by atoms with Crippen LogP contribution in [0, 0.1) is 5.92 Å². The van der Waals surface area contributed by atoms with E-state index in [4.69, 9.17) is 9.47 Å². The number of aromatic nitrogens is 1. The number of carbonyl (C=O) groups is 1. The molecule has 5 heteroatoms. The highest BCUT2D eigenvalue weighted by Gasteiger charge is 2.24. The van der Waals surface area contributed by atoms with E-state index in [2.05, 4.69) is 10.3 Å². The summed E-state index contributed by atoms with van der Waals surface area (Å²) in [5.41, 5.74) is 0.617. The van der Waals surface area contributed by atoms with E-state index < -0.39 is 0 Å². The van der Waals surface area contributed by atoms with Crippen LogP contribution >= 0.6 is 0 Å². The molecule has 1 aromatic rings. The second-order valence-electron chi connectivity index (χ2n) is 3.84. The summed E-state index contributed by atoms with van der Waals surface area (Å²) in [6, 6.07) is 3.55. The van der Waals surface area contributed by atoms with E-state index in [1.807, 2.05) is 6.92 Å². The summed E-state index contributed by atoms with van der Waals surface area (Å²) in [7, 11) is 0. The number of anilines is 1. The van der Waals surface area contributed by atoms with Gasteiger partial charge < -0.3 is 14.8 Å². The fourth-order valence-electron chi connectivity index (χ4n) is 1.71. The highest BCUT2D eigenvalue weighted by molar-refractivity contribution is 5.93. The molecule has 0 bridgehead atoms. The van der Waals surface area contributed by atoms with Crippen molar-refractivity contribution in [1.29, 1.82) is 0 Å². The Balaban J connectivity index is 2.04. The predicted octanol–water partition coefficient (Wildman–Crippen LogP) is 1.46. The van der Waals surface area contributed by atoms with Crippen molar-refractivity contribution in [2.24, 2.45) is 5.92 Å². The summed E-state index contributed by atoms with van der Waals surface area (Å²) < 4.78 is 10.5. The van der Waals surface area contributed by atoms with Crippen molar-refractivity contribution in [3.63, 3.8) is 0 Å². The third kappa shape index (κ3) is 2.94. The molecule has 0 saturated carbocycles. The molecule has 1 N–H and O–H groups in total. The van der Waals surface area contributed by atoms with Crippen LogP contribution in [0.3, 0.4) is 0 Å². The highest BCUT2D eigenvalue weighted by atomic mass is 16.5. The molecule has 2 rings (SSSR count). The number of rotatable bonds is 4. The third-order valence-electron chi connectivity index (χ3n) is 2.61. The van der Waals surface area contributed by atoms with Crippen molar-refractivity contribution in [2.45, 2.75) is 13.3 Å². The predicted molar refractivity (Wildman–Crippen MR) is 63.0 cm³/mol. The van der Waals surface area contributed by atoms with Crippen molar-refractivity contribution in [1.82, 2.24) is 4.98 Å². The monoisotopic (exact) mass is 236 g/mol. The van der Waals surface area contributed by atoms with Crippen LogP contribution in [0.25, 0.3) is 0 Å². The molecule has 0 aromatic carbocycles. The van der Waals surface area contributed by atoms with E-state index >= 15 is 0 Å². The van der Waals surface area contributed by atoms with Crippen LogP contribution in [0.1, 0.15) is 13.3 Å². The first kappa shape index (κ1) is 11.9. The minimum atomic E-state index is -0.0651. The SMILES string of the molecule is CCOc1ncccc1NC(=O)C1CCOC1. The van der Waals surface area contributed by atoms with Gasteiger partial charge in [-0.2, -0.15) is 0 Å². The first-order valence-electron chi connectivity index (χ1n) is 5.77. The lowest BCUT2D eigenvalue weighted by atomic mass is 10.1. The van der Waals surface area contributed by atoms with Crippen molar-refractivity contribution in [3.8, 4) is 5.88 Å². The lowest BCUT2D eigenvalue weighted by Gasteiger charge is -2.12. The first-order valence-corrected chi connectivity index (χ1v) is 5.77. The molecule has 0 aliphatic carbocycles. The molecule has 17 heavy (non-hydrogen) atoms. The van der Waals surface area contributed by atoms with Crippen LogP contribution in [0.15, 0.2) is 18.3 Å². The molecular weight excluding hydrogens is 220 g/mol. The Kier molecular flexibility index (Phi) is 3.93. The minimum Gasteiger partial charge on any atom is -0.476 e. The number of hydrogen-bond donors (Lipinski definition) is 1. The van der Waals surface area contributed by atoms with Crippen LogP contribution in [0.5, 0.6) is 5.88 Å². The Morgan fingerprint density at radius 1 is 1.71 bits per heavy atom. The smallest absolute Gasteiger partial charge is 0.237 e. The second kappa shape index (κ2) is 5.63. The van der Waals surface area contributed by atoms with Crippen LogP contribution < -0.4 is 10.1 Å². The zero-order chi connectivity index (χ0) is 12.1. The maximum atomic E-state index is 11.9. The van der Waals surface area contributed by atoms with E-state index in [-0.39, 0.29) is 11.8 Å². The molecule has 0 spiro atoms. The maximum Gasteiger partial charge on any atom is 0.237 e. The van der Waals surface area contributed by atoms with E-state index in [1.54, 1.807) is 18.3 Å². The number of ether oxygens (including phenoxy) is 2. The number of amides is 1. The summed E-state index contributed by atoms with van der Waals surface area (Å²) in [6.07, 6.45) is 2.41. The van der Waals surface area contributed by atoms with Gasteiger partial charge in [-0.05, 0) is 25.5 Å². The van der Waals surface area contributed by atoms with Gasteiger partial charge in [-0.15, -0.1) is 0 Å². The minimum absolute atomic E-state index is 0.0311. The zero-order valence-electron chi connectivity index (χ0n) is 9.81. The summed E-state index contributed by atoms with van der Waals surface area (Å²) >= 11 is 0. The summed E-state index contributed by atoms with van der Waals surface area (Å²) in [5.74, 6) is 0.364. The van der Waals surface area contributed by atoms with E-state index in [0.29, 0.717) is 31.4 Å². The summed E-state index contributed by atoms with van der Waals surface area (Å²) in [4.78, 5) is 16.0. The molecule has 1 amide bonds. The molecule has 5 nitrogen and oxygen atoms in total. The van der Waals surface area contributed by atoms with Gasteiger partial charge in [-0.25, -0.2) is 4.98 Å². The number of carbonyl (C=O) groups excluding carboxylic acids is 1. The Bertz CT molecular complexity index is 389. The Morgan fingerprint density at radius 2 is 2.59 bits per heavy atom. The second-order valence-corrected chi connectivity index (χ2v) is 3.84. The number of nitrogens with zero attached hydrogens (tertiary/aromatic N) is 1.